The van der Waals surface area contributed by atoms with E-state index in [1.165, 1.54) is 17.2 Å². The lowest BCUT2D eigenvalue weighted by Gasteiger charge is -2.05. The van der Waals surface area contributed by atoms with Gasteiger partial charge in [-0.1, -0.05) is 56.3 Å². The first-order valence-electron chi connectivity index (χ1n) is 12.0. The van der Waals surface area contributed by atoms with Crippen LogP contribution in [-0.4, -0.2) is 21.9 Å². The summed E-state index contributed by atoms with van der Waals surface area (Å²) in [6, 6.07) is 22.9. The number of nitrogen functional groups attached to an aromatic ring is 1. The summed E-state index contributed by atoms with van der Waals surface area (Å²) in [6.07, 6.45) is 3.50. The molecule has 0 unspecified atom stereocenters. The quantitative estimate of drug-likeness (QED) is 0.246. The fourth-order valence-electron chi connectivity index (χ4n) is 3.75. The number of hydrogen-bond acceptors (Lipinski definition) is 4. The molecule has 0 saturated carbocycles. The maximum atomic E-state index is 12.9. The SMILES string of the molecule is CCc1ccccc1N.CCc1ccccc1N=Cc1c(C)[nH]n(-c2cccc(NC(C)=O)c2)c1=O. The number of aromatic amines is 1. The number of aliphatic imine (C=N–C) groups is 1. The van der Waals surface area contributed by atoms with Crippen LogP contribution in [0.2, 0.25) is 0 Å². The molecule has 0 radical (unpaired) electrons. The zero-order chi connectivity index (χ0) is 26.1. The lowest BCUT2D eigenvalue weighted by Crippen LogP contribution is -2.17. The number of aromatic nitrogens is 2. The summed E-state index contributed by atoms with van der Waals surface area (Å²) in [5.41, 5.74) is 12.1. The Balaban J connectivity index is 0.000000338. The highest BCUT2D eigenvalue weighted by atomic mass is 16.1. The van der Waals surface area contributed by atoms with E-state index < -0.39 is 0 Å². The van der Waals surface area contributed by atoms with Gasteiger partial charge in [0.1, 0.15) is 0 Å². The third kappa shape index (κ3) is 6.60. The molecule has 1 heterocycles. The number of benzene rings is 3. The smallest absolute Gasteiger partial charge is 0.280 e. The molecule has 0 aliphatic heterocycles. The maximum Gasteiger partial charge on any atom is 0.280 e. The summed E-state index contributed by atoms with van der Waals surface area (Å²) in [4.78, 5) is 28.6. The first-order valence-corrected chi connectivity index (χ1v) is 12.0. The van der Waals surface area contributed by atoms with Gasteiger partial charge in [-0.05, 0) is 61.2 Å². The number of carbonyl (C=O) groups is 1. The van der Waals surface area contributed by atoms with Crippen molar-refractivity contribution in [2.45, 2.75) is 40.5 Å². The predicted molar refractivity (Wildman–Crippen MR) is 149 cm³/mol. The molecule has 1 amide bonds. The van der Waals surface area contributed by atoms with Crippen LogP contribution in [-0.2, 0) is 17.6 Å². The van der Waals surface area contributed by atoms with Gasteiger partial charge in [0.15, 0.2) is 0 Å². The summed E-state index contributed by atoms with van der Waals surface area (Å²) < 4.78 is 1.45. The van der Waals surface area contributed by atoms with Gasteiger partial charge in [0.25, 0.3) is 5.56 Å². The van der Waals surface area contributed by atoms with Gasteiger partial charge >= 0.3 is 0 Å². The molecule has 7 nitrogen and oxygen atoms in total. The average molecular weight is 484 g/mol. The van der Waals surface area contributed by atoms with Crippen LogP contribution in [0, 0.1) is 6.92 Å². The lowest BCUT2D eigenvalue weighted by atomic mass is 10.1. The number of nitrogens with one attached hydrogen (secondary N) is 2. The minimum atomic E-state index is -0.190. The van der Waals surface area contributed by atoms with Crippen LogP contribution in [0.1, 0.15) is 43.2 Å². The lowest BCUT2D eigenvalue weighted by molar-refractivity contribution is -0.114. The monoisotopic (exact) mass is 483 g/mol. The van der Waals surface area contributed by atoms with Gasteiger partial charge < -0.3 is 11.1 Å². The fourth-order valence-corrected chi connectivity index (χ4v) is 3.75. The Labute approximate surface area is 211 Å². The molecule has 36 heavy (non-hydrogen) atoms. The minimum Gasteiger partial charge on any atom is -0.399 e. The summed E-state index contributed by atoms with van der Waals surface area (Å²) in [7, 11) is 0. The van der Waals surface area contributed by atoms with Gasteiger partial charge in [0, 0.05) is 30.2 Å². The van der Waals surface area contributed by atoms with Crippen LogP contribution in [0.5, 0.6) is 0 Å². The topological polar surface area (TPSA) is 105 Å². The van der Waals surface area contributed by atoms with Gasteiger partial charge in [-0.2, -0.15) is 0 Å². The molecule has 0 atom stereocenters. The van der Waals surface area contributed by atoms with Crippen molar-refractivity contribution in [3.05, 3.63) is 106 Å². The third-order valence-electron chi connectivity index (χ3n) is 5.68. The normalized spacial score (nSPS) is 10.7. The molecule has 0 bridgehead atoms. The fraction of sp³-hybridized carbons (Fsp3) is 0.207. The molecule has 4 aromatic rings. The second kappa shape index (κ2) is 12.4. The van der Waals surface area contributed by atoms with Crippen LogP contribution in [0.25, 0.3) is 5.69 Å². The number of rotatable bonds is 6. The molecular weight excluding hydrogens is 450 g/mol. The molecule has 186 valence electrons. The van der Waals surface area contributed by atoms with Crippen molar-refractivity contribution in [3.63, 3.8) is 0 Å². The minimum absolute atomic E-state index is 0.162. The molecule has 7 heteroatoms. The largest absolute Gasteiger partial charge is 0.399 e. The third-order valence-corrected chi connectivity index (χ3v) is 5.68. The summed E-state index contributed by atoms with van der Waals surface area (Å²) in [6.45, 7) is 7.46. The highest BCUT2D eigenvalue weighted by Gasteiger charge is 2.11. The summed E-state index contributed by atoms with van der Waals surface area (Å²) in [5, 5.41) is 5.80. The number of hydrogen-bond donors (Lipinski definition) is 3. The Kier molecular flexibility index (Phi) is 9.00. The number of nitrogens with two attached hydrogens (primary N) is 1. The van der Waals surface area contributed by atoms with Crippen LogP contribution in [0.15, 0.2) is 82.6 Å². The van der Waals surface area contributed by atoms with E-state index in [9.17, 15) is 9.59 Å². The van der Waals surface area contributed by atoms with Gasteiger partial charge in [0.2, 0.25) is 5.91 Å². The number of amides is 1. The van der Waals surface area contributed by atoms with Crippen LogP contribution in [0.3, 0.4) is 0 Å². The van der Waals surface area contributed by atoms with E-state index in [1.54, 1.807) is 30.5 Å². The average Bonchev–Trinajstić information content (AvgIpc) is 3.16. The van der Waals surface area contributed by atoms with Crippen molar-refractivity contribution in [2.24, 2.45) is 4.99 Å². The molecule has 0 aliphatic carbocycles. The molecule has 3 aromatic carbocycles. The summed E-state index contributed by atoms with van der Waals surface area (Å²) in [5.74, 6) is -0.162. The Morgan fingerprint density at radius 2 is 1.67 bits per heavy atom. The van der Waals surface area contributed by atoms with E-state index in [1.807, 2.05) is 49.4 Å². The molecular formula is C29H33N5O2. The highest BCUT2D eigenvalue weighted by molar-refractivity contribution is 5.89. The molecule has 0 fully saturated rings. The molecule has 4 N–H and O–H groups in total. The van der Waals surface area contributed by atoms with Crippen molar-refractivity contribution in [1.29, 1.82) is 0 Å². The maximum absolute atomic E-state index is 12.9. The van der Waals surface area contributed by atoms with Crippen molar-refractivity contribution in [2.75, 3.05) is 11.1 Å². The Morgan fingerprint density at radius 1 is 1.00 bits per heavy atom. The van der Waals surface area contributed by atoms with Crippen molar-refractivity contribution in [3.8, 4) is 5.69 Å². The first kappa shape index (κ1) is 26.2. The van der Waals surface area contributed by atoms with E-state index in [4.69, 9.17) is 5.73 Å². The van der Waals surface area contributed by atoms with Gasteiger partial charge in [0.05, 0.1) is 16.9 Å². The first-order chi connectivity index (χ1) is 17.3. The number of nitrogens with zero attached hydrogens (tertiary/aromatic N) is 2. The number of para-hydroxylation sites is 2. The van der Waals surface area contributed by atoms with Crippen LogP contribution >= 0.6 is 0 Å². The van der Waals surface area contributed by atoms with E-state index in [-0.39, 0.29) is 11.5 Å². The van der Waals surface area contributed by atoms with Crippen molar-refractivity contribution in [1.82, 2.24) is 9.78 Å². The van der Waals surface area contributed by atoms with E-state index >= 15 is 0 Å². The van der Waals surface area contributed by atoms with Crippen LogP contribution in [0.4, 0.5) is 17.1 Å². The molecule has 4 rings (SSSR count). The Morgan fingerprint density at radius 3 is 2.31 bits per heavy atom. The zero-order valence-electron chi connectivity index (χ0n) is 21.2. The zero-order valence-corrected chi connectivity index (χ0v) is 21.2. The van der Waals surface area contributed by atoms with Crippen molar-refractivity contribution >= 4 is 29.2 Å². The van der Waals surface area contributed by atoms with E-state index in [0.717, 1.165) is 35.5 Å². The molecule has 1 aromatic heterocycles. The highest BCUT2D eigenvalue weighted by Crippen LogP contribution is 2.19. The number of H-pyrrole nitrogens is 1. The van der Waals surface area contributed by atoms with Crippen LogP contribution < -0.4 is 16.6 Å². The van der Waals surface area contributed by atoms with Gasteiger partial charge in [-0.3, -0.25) is 19.7 Å². The molecule has 0 aliphatic rings. The number of anilines is 2. The molecule has 0 spiro atoms. The second-order valence-electron chi connectivity index (χ2n) is 8.32. The molecule has 0 saturated heterocycles. The Hall–Kier alpha value is -4.39. The Bertz CT molecular complexity index is 1420. The second-order valence-corrected chi connectivity index (χ2v) is 8.32. The van der Waals surface area contributed by atoms with Gasteiger partial charge in [-0.15, -0.1) is 0 Å². The van der Waals surface area contributed by atoms with E-state index in [0.29, 0.717) is 16.9 Å². The number of aryl methyl sites for hydroxylation is 3. The van der Waals surface area contributed by atoms with Gasteiger partial charge in [-0.25, -0.2) is 4.68 Å². The number of carbonyl (C=O) groups excluding carboxylic acids is 1. The van der Waals surface area contributed by atoms with E-state index in [2.05, 4.69) is 35.3 Å². The summed E-state index contributed by atoms with van der Waals surface area (Å²) >= 11 is 0. The van der Waals surface area contributed by atoms with Crippen molar-refractivity contribution < 1.29 is 4.79 Å². The standard InChI is InChI=1S/C21H22N4O2.C8H11N/c1-4-16-8-5-6-11-20(16)22-13-19-14(2)24-25(21(19)27)18-10-7-9-17(12-18)23-15(3)26;1-2-7-5-3-4-6-8(7)9/h5-13,24H,4H2,1-3H3,(H,23,26);3-6H,2,9H2,1H3. The predicted octanol–water partition coefficient (Wildman–Crippen LogP) is 5.58.